The summed E-state index contributed by atoms with van der Waals surface area (Å²) < 4.78 is 0. The van der Waals surface area contributed by atoms with Crippen LogP contribution in [0.2, 0.25) is 78.6 Å². The first-order valence-electron chi connectivity index (χ1n) is 6.89. The van der Waals surface area contributed by atoms with E-state index in [0.717, 1.165) is 0 Å². The van der Waals surface area contributed by atoms with Crippen LogP contribution in [0, 0.1) is 0 Å². The summed E-state index contributed by atoms with van der Waals surface area (Å²) in [5.41, 5.74) is 0. The van der Waals surface area contributed by atoms with Crippen molar-refractivity contribution in [3.63, 3.8) is 0 Å². The van der Waals surface area contributed by atoms with Crippen LogP contribution in [0.1, 0.15) is 0 Å². The summed E-state index contributed by atoms with van der Waals surface area (Å²) in [4.78, 5) is 34.6. The average molecular weight is 539 g/mol. The molecular weight excluding hydrogens is 499 g/mol. The number of rotatable bonds is 0. The Morgan fingerprint density at radius 1 is 0.333 bits per heavy atom. The van der Waals surface area contributed by atoms with Crippen molar-refractivity contribution in [2.45, 2.75) is 78.6 Å². The fraction of sp³-hybridized carbons (Fsp3) is 1.00. The maximum Gasteiger partial charge on any atom is 0.179 e. The van der Waals surface area contributed by atoms with Crippen molar-refractivity contribution >= 4 is 33.3 Å². The molecule has 0 amide bonds. The molecular formula is C12H40HfO4Si4. The van der Waals surface area contributed by atoms with E-state index < -0.39 is 33.3 Å². The van der Waals surface area contributed by atoms with E-state index in [1.807, 2.05) is 78.6 Å². The van der Waals surface area contributed by atoms with E-state index in [-0.39, 0.29) is 25.8 Å². The molecule has 0 fully saturated rings. The molecule has 0 unspecified atom stereocenters. The van der Waals surface area contributed by atoms with Gasteiger partial charge in [0, 0.05) is 25.8 Å². The first-order chi connectivity index (χ1) is 8.00. The molecule has 132 valence electrons. The van der Waals surface area contributed by atoms with E-state index in [0.29, 0.717) is 0 Å². The second-order valence-corrected chi connectivity index (χ2v) is 26.0. The molecule has 0 saturated carbocycles. The van der Waals surface area contributed by atoms with Crippen LogP contribution in [0.25, 0.3) is 0 Å². The Hall–Kier alpha value is 1.58. The summed E-state index contributed by atoms with van der Waals surface area (Å²) in [6.45, 7) is 22.6. The van der Waals surface area contributed by atoms with Crippen molar-refractivity contribution in [1.82, 2.24) is 0 Å². The summed E-state index contributed by atoms with van der Waals surface area (Å²) >= 11 is 0. The third-order valence-electron chi connectivity index (χ3n) is 0. The summed E-state index contributed by atoms with van der Waals surface area (Å²) in [5.74, 6) is 0. The third kappa shape index (κ3) is 3320. The molecule has 0 heterocycles. The van der Waals surface area contributed by atoms with Crippen LogP contribution in [0.4, 0.5) is 0 Å². The Labute approximate surface area is 156 Å². The molecule has 0 aliphatic rings. The number of hydrogen-bond acceptors (Lipinski definition) is 4. The van der Waals surface area contributed by atoms with Gasteiger partial charge in [-0.25, -0.2) is 0 Å². The normalized spacial score (nSPS) is 11.4. The van der Waals surface area contributed by atoms with E-state index in [9.17, 15) is 0 Å². The summed E-state index contributed by atoms with van der Waals surface area (Å²) in [6, 6.07) is 0. The minimum atomic E-state index is -1.61. The van der Waals surface area contributed by atoms with Gasteiger partial charge < -0.3 is 19.2 Å². The van der Waals surface area contributed by atoms with Crippen molar-refractivity contribution in [2.24, 2.45) is 0 Å². The zero-order valence-electron chi connectivity index (χ0n) is 16.3. The third-order valence-corrected chi connectivity index (χ3v) is 0. The van der Waals surface area contributed by atoms with E-state index in [1.54, 1.807) is 0 Å². The quantitative estimate of drug-likeness (QED) is 0.357. The minimum absolute atomic E-state index is 0. The summed E-state index contributed by atoms with van der Waals surface area (Å²) in [5, 5.41) is 0. The van der Waals surface area contributed by atoms with E-state index in [4.69, 9.17) is 19.2 Å². The smallest absolute Gasteiger partial charge is 0.179 e. The Bertz CT molecular complexity index is 143. The van der Waals surface area contributed by atoms with Gasteiger partial charge in [0.1, 0.15) is 0 Å². The van der Waals surface area contributed by atoms with Gasteiger partial charge in [-0.3, -0.25) is 0 Å². The predicted molar refractivity (Wildman–Crippen MR) is 102 cm³/mol. The maximum atomic E-state index is 8.66. The molecule has 0 bridgehead atoms. The van der Waals surface area contributed by atoms with Crippen molar-refractivity contribution in [3.05, 3.63) is 0 Å². The van der Waals surface area contributed by atoms with E-state index in [1.165, 1.54) is 0 Å². The molecule has 0 aromatic rings. The fourth-order valence-electron chi connectivity index (χ4n) is 0. The van der Waals surface area contributed by atoms with Crippen molar-refractivity contribution in [2.75, 3.05) is 0 Å². The first-order valence-corrected chi connectivity index (χ1v) is 20.7. The average Bonchev–Trinajstić information content (AvgIpc) is 1.62. The van der Waals surface area contributed by atoms with E-state index in [2.05, 4.69) is 0 Å². The molecule has 0 atom stereocenters. The molecule has 0 aliphatic carbocycles. The van der Waals surface area contributed by atoms with Crippen LogP contribution in [-0.4, -0.2) is 52.5 Å². The Balaban J connectivity index is -0.0000000533. The zero-order valence-corrected chi connectivity index (χ0v) is 23.9. The molecule has 4 nitrogen and oxygen atoms in total. The second kappa shape index (κ2) is 14.0. The Kier molecular flexibility index (Phi) is 22.6. The monoisotopic (exact) mass is 540 g/mol. The fourth-order valence-corrected chi connectivity index (χ4v) is 0. The zero-order chi connectivity index (χ0) is 18.0. The van der Waals surface area contributed by atoms with Crippen LogP contribution in [0.15, 0.2) is 0 Å². The minimum Gasteiger partial charge on any atom is -0.433 e. The Morgan fingerprint density at radius 3 is 0.333 bits per heavy atom. The van der Waals surface area contributed by atoms with Gasteiger partial charge in [-0.2, -0.15) is 0 Å². The van der Waals surface area contributed by atoms with Gasteiger partial charge in [0.15, 0.2) is 33.3 Å². The predicted octanol–water partition coefficient (Wildman–Crippen LogP) is 3.25. The van der Waals surface area contributed by atoms with Gasteiger partial charge in [-0.05, 0) is 78.6 Å². The van der Waals surface area contributed by atoms with Gasteiger partial charge in [0.2, 0.25) is 0 Å². The molecule has 4 N–H and O–H groups in total. The molecule has 0 aliphatic heterocycles. The van der Waals surface area contributed by atoms with Crippen molar-refractivity contribution < 1.29 is 45.0 Å². The van der Waals surface area contributed by atoms with Gasteiger partial charge in [-0.15, -0.1) is 0 Å². The molecule has 0 rings (SSSR count). The molecule has 0 spiro atoms. The summed E-state index contributed by atoms with van der Waals surface area (Å²) in [6.07, 6.45) is 0. The molecule has 0 aromatic carbocycles. The van der Waals surface area contributed by atoms with Crippen LogP contribution in [0.3, 0.4) is 0 Å². The first kappa shape index (κ1) is 34.0. The topological polar surface area (TPSA) is 80.9 Å². The molecule has 9 heteroatoms. The van der Waals surface area contributed by atoms with Gasteiger partial charge >= 0.3 is 0 Å². The van der Waals surface area contributed by atoms with Crippen LogP contribution >= 0.6 is 0 Å². The Morgan fingerprint density at radius 2 is 0.333 bits per heavy atom. The molecule has 0 aromatic heterocycles. The molecule has 0 saturated heterocycles. The van der Waals surface area contributed by atoms with Crippen molar-refractivity contribution in [3.8, 4) is 0 Å². The maximum absolute atomic E-state index is 8.66. The molecule has 21 heavy (non-hydrogen) atoms. The largest absolute Gasteiger partial charge is 0.433 e. The standard InChI is InChI=1S/4C3H10OSi.Hf/c4*1-5(2,3)4;/h4*4H,1-3H3;. The van der Waals surface area contributed by atoms with Crippen molar-refractivity contribution in [1.29, 1.82) is 0 Å². The van der Waals surface area contributed by atoms with Crippen LogP contribution in [0.5, 0.6) is 0 Å². The van der Waals surface area contributed by atoms with Crippen LogP contribution < -0.4 is 0 Å². The van der Waals surface area contributed by atoms with E-state index >= 15 is 0 Å². The van der Waals surface area contributed by atoms with Crippen LogP contribution in [-0.2, 0) is 25.8 Å². The van der Waals surface area contributed by atoms with Gasteiger partial charge in [-0.1, -0.05) is 0 Å². The SMILES string of the molecule is C[Si](C)(C)O.C[Si](C)(C)O.C[Si](C)(C)O.C[Si](C)(C)O.[Hf]. The number of hydrogen-bond donors (Lipinski definition) is 4. The van der Waals surface area contributed by atoms with Gasteiger partial charge in [0.25, 0.3) is 0 Å². The summed E-state index contributed by atoms with van der Waals surface area (Å²) in [7, 11) is -6.44. The van der Waals surface area contributed by atoms with Gasteiger partial charge in [0.05, 0.1) is 0 Å². The second-order valence-electron chi connectivity index (χ2n) is 8.68. The molecule has 0 radical (unpaired) electrons.